The summed E-state index contributed by atoms with van der Waals surface area (Å²) in [6, 6.07) is 7.71. The summed E-state index contributed by atoms with van der Waals surface area (Å²) in [6.45, 7) is 2.60. The normalized spacial score (nSPS) is 15.0. The lowest BCUT2D eigenvalue weighted by atomic mass is 10.00. The van der Waals surface area contributed by atoms with E-state index >= 15 is 0 Å². The van der Waals surface area contributed by atoms with E-state index in [-0.39, 0.29) is 6.04 Å². The van der Waals surface area contributed by atoms with Gasteiger partial charge in [-0.25, -0.2) is 9.97 Å². The van der Waals surface area contributed by atoms with Crippen molar-refractivity contribution >= 4 is 0 Å². The molecule has 2 N–H and O–H groups in total. The summed E-state index contributed by atoms with van der Waals surface area (Å²) >= 11 is 0. The lowest BCUT2D eigenvalue weighted by Crippen LogP contribution is -2.15. The zero-order chi connectivity index (χ0) is 12.5. The SMILES string of the molecule is Cc1nccc(C(N)c2cccc3c2OCC3)n1. The molecule has 1 aliphatic heterocycles. The Bertz CT molecular complexity index is 583. The Hall–Kier alpha value is -1.94. The van der Waals surface area contributed by atoms with E-state index in [0.29, 0.717) is 0 Å². The minimum Gasteiger partial charge on any atom is -0.493 e. The van der Waals surface area contributed by atoms with Crippen LogP contribution in [-0.4, -0.2) is 16.6 Å². The predicted octanol–water partition coefficient (Wildman–Crippen LogP) is 1.77. The summed E-state index contributed by atoms with van der Waals surface area (Å²) in [4.78, 5) is 8.47. The molecule has 1 unspecified atom stereocenters. The molecule has 92 valence electrons. The molecule has 2 heterocycles. The van der Waals surface area contributed by atoms with Crippen LogP contribution in [0.2, 0.25) is 0 Å². The largest absolute Gasteiger partial charge is 0.493 e. The fourth-order valence-electron chi connectivity index (χ4n) is 2.29. The van der Waals surface area contributed by atoms with Crippen molar-refractivity contribution in [3.63, 3.8) is 0 Å². The molecule has 18 heavy (non-hydrogen) atoms. The summed E-state index contributed by atoms with van der Waals surface area (Å²) in [6.07, 6.45) is 2.69. The number of aromatic nitrogens is 2. The highest BCUT2D eigenvalue weighted by Gasteiger charge is 2.21. The molecule has 2 aromatic rings. The van der Waals surface area contributed by atoms with Crippen molar-refractivity contribution in [2.24, 2.45) is 5.73 Å². The molecule has 0 saturated heterocycles. The molecule has 1 aromatic heterocycles. The molecule has 0 aliphatic carbocycles. The fraction of sp³-hybridized carbons (Fsp3) is 0.286. The van der Waals surface area contributed by atoms with Crippen molar-refractivity contribution < 1.29 is 4.74 Å². The zero-order valence-corrected chi connectivity index (χ0v) is 10.3. The van der Waals surface area contributed by atoms with Crippen LogP contribution in [0.15, 0.2) is 30.5 Å². The topological polar surface area (TPSA) is 61.0 Å². The number of benzene rings is 1. The van der Waals surface area contributed by atoms with Crippen LogP contribution in [0.4, 0.5) is 0 Å². The molecule has 4 nitrogen and oxygen atoms in total. The fourth-order valence-corrected chi connectivity index (χ4v) is 2.29. The number of nitrogens with zero attached hydrogens (tertiary/aromatic N) is 2. The summed E-state index contributed by atoms with van der Waals surface area (Å²) in [5, 5.41) is 0. The molecule has 1 aromatic carbocycles. The van der Waals surface area contributed by atoms with Gasteiger partial charge in [-0.05, 0) is 18.6 Å². The lowest BCUT2D eigenvalue weighted by molar-refractivity contribution is 0.352. The van der Waals surface area contributed by atoms with Gasteiger partial charge in [0.15, 0.2) is 0 Å². The third-order valence-corrected chi connectivity index (χ3v) is 3.20. The van der Waals surface area contributed by atoms with Gasteiger partial charge in [-0.1, -0.05) is 18.2 Å². The highest BCUT2D eigenvalue weighted by Crippen LogP contribution is 2.34. The van der Waals surface area contributed by atoms with Gasteiger partial charge < -0.3 is 10.5 Å². The van der Waals surface area contributed by atoms with Crippen LogP contribution < -0.4 is 10.5 Å². The van der Waals surface area contributed by atoms with Gasteiger partial charge in [-0.15, -0.1) is 0 Å². The van der Waals surface area contributed by atoms with E-state index in [9.17, 15) is 0 Å². The Morgan fingerprint density at radius 3 is 3.06 bits per heavy atom. The van der Waals surface area contributed by atoms with E-state index in [2.05, 4.69) is 16.0 Å². The molecule has 0 radical (unpaired) electrons. The van der Waals surface area contributed by atoms with E-state index in [1.54, 1.807) is 6.20 Å². The van der Waals surface area contributed by atoms with E-state index in [1.165, 1.54) is 5.56 Å². The Labute approximate surface area is 106 Å². The zero-order valence-electron chi connectivity index (χ0n) is 10.3. The van der Waals surface area contributed by atoms with E-state index in [0.717, 1.165) is 35.9 Å². The molecule has 0 amide bonds. The van der Waals surface area contributed by atoms with Crippen LogP contribution in [0.5, 0.6) is 5.75 Å². The molecule has 1 atom stereocenters. The second kappa shape index (κ2) is 4.38. The lowest BCUT2D eigenvalue weighted by Gasteiger charge is -2.15. The first-order chi connectivity index (χ1) is 8.75. The molecule has 4 heteroatoms. The van der Waals surface area contributed by atoms with Crippen LogP contribution in [0.1, 0.15) is 28.7 Å². The number of nitrogens with two attached hydrogens (primary N) is 1. The third kappa shape index (κ3) is 1.84. The molecule has 0 fully saturated rings. The smallest absolute Gasteiger partial charge is 0.127 e. The van der Waals surface area contributed by atoms with Crippen LogP contribution in [0.3, 0.4) is 0 Å². The minimum absolute atomic E-state index is 0.264. The molecule has 0 saturated carbocycles. The maximum atomic E-state index is 6.29. The van der Waals surface area contributed by atoms with E-state index in [1.807, 2.05) is 25.1 Å². The molecular formula is C14H15N3O. The maximum absolute atomic E-state index is 6.29. The second-order valence-electron chi connectivity index (χ2n) is 4.44. The standard InChI is InChI=1S/C14H15N3O/c1-9-16-7-5-12(17-9)13(15)11-4-2-3-10-6-8-18-14(10)11/h2-5,7,13H,6,8,15H2,1H3. The van der Waals surface area contributed by atoms with Crippen molar-refractivity contribution in [2.75, 3.05) is 6.61 Å². The molecule has 0 bridgehead atoms. The quantitative estimate of drug-likeness (QED) is 0.870. The Kier molecular flexibility index (Phi) is 2.72. The molecule has 1 aliphatic rings. The summed E-state index contributed by atoms with van der Waals surface area (Å²) in [5.41, 5.74) is 9.35. The average molecular weight is 241 g/mol. The van der Waals surface area contributed by atoms with E-state index in [4.69, 9.17) is 10.5 Å². The van der Waals surface area contributed by atoms with Gasteiger partial charge in [-0.3, -0.25) is 0 Å². The van der Waals surface area contributed by atoms with Crippen LogP contribution in [-0.2, 0) is 6.42 Å². The highest BCUT2D eigenvalue weighted by molar-refractivity contribution is 5.47. The summed E-state index contributed by atoms with van der Waals surface area (Å²) in [7, 11) is 0. The molecule has 3 rings (SSSR count). The first-order valence-electron chi connectivity index (χ1n) is 6.05. The van der Waals surface area contributed by atoms with Crippen LogP contribution in [0, 0.1) is 6.92 Å². The maximum Gasteiger partial charge on any atom is 0.127 e. The number of aryl methyl sites for hydroxylation is 1. The number of hydrogen-bond donors (Lipinski definition) is 1. The average Bonchev–Trinajstić information content (AvgIpc) is 2.86. The van der Waals surface area contributed by atoms with Crippen molar-refractivity contribution in [1.82, 2.24) is 9.97 Å². The second-order valence-corrected chi connectivity index (χ2v) is 4.44. The van der Waals surface area contributed by atoms with Gasteiger partial charge in [0.2, 0.25) is 0 Å². The van der Waals surface area contributed by atoms with Crippen molar-refractivity contribution in [3.05, 3.63) is 53.1 Å². The Balaban J connectivity index is 2.03. The predicted molar refractivity (Wildman–Crippen MR) is 68.4 cm³/mol. The van der Waals surface area contributed by atoms with Gasteiger partial charge in [0.1, 0.15) is 11.6 Å². The number of hydrogen-bond acceptors (Lipinski definition) is 4. The van der Waals surface area contributed by atoms with Gasteiger partial charge in [0.05, 0.1) is 18.3 Å². The van der Waals surface area contributed by atoms with Gasteiger partial charge >= 0.3 is 0 Å². The van der Waals surface area contributed by atoms with Crippen molar-refractivity contribution in [2.45, 2.75) is 19.4 Å². The first kappa shape index (κ1) is 11.2. The Morgan fingerprint density at radius 2 is 2.22 bits per heavy atom. The number of para-hydroxylation sites is 1. The Morgan fingerprint density at radius 1 is 1.33 bits per heavy atom. The summed E-state index contributed by atoms with van der Waals surface area (Å²) < 4.78 is 5.68. The van der Waals surface area contributed by atoms with Crippen LogP contribution >= 0.6 is 0 Å². The number of fused-ring (bicyclic) bond motifs is 1. The van der Waals surface area contributed by atoms with Crippen molar-refractivity contribution in [3.8, 4) is 5.75 Å². The monoisotopic (exact) mass is 241 g/mol. The summed E-state index contributed by atoms with van der Waals surface area (Å²) in [5.74, 6) is 1.66. The number of rotatable bonds is 2. The minimum atomic E-state index is -0.264. The highest BCUT2D eigenvalue weighted by atomic mass is 16.5. The number of ether oxygens (including phenoxy) is 1. The first-order valence-corrected chi connectivity index (χ1v) is 6.05. The van der Waals surface area contributed by atoms with Gasteiger partial charge in [0, 0.05) is 18.2 Å². The molecular weight excluding hydrogens is 226 g/mol. The van der Waals surface area contributed by atoms with Crippen molar-refractivity contribution in [1.29, 1.82) is 0 Å². The van der Waals surface area contributed by atoms with Gasteiger partial charge in [0.25, 0.3) is 0 Å². The van der Waals surface area contributed by atoms with Crippen LogP contribution in [0.25, 0.3) is 0 Å². The third-order valence-electron chi connectivity index (χ3n) is 3.20. The van der Waals surface area contributed by atoms with Gasteiger partial charge in [-0.2, -0.15) is 0 Å². The molecule has 0 spiro atoms. The van der Waals surface area contributed by atoms with E-state index < -0.39 is 0 Å².